The number of aliphatic hydroxyl groups excluding tert-OH is 1. The van der Waals surface area contributed by atoms with Crippen LogP contribution < -0.4 is 0 Å². The molecule has 0 unspecified atom stereocenters. The molecule has 1 heterocycles. The van der Waals surface area contributed by atoms with Crippen molar-refractivity contribution in [3.05, 3.63) is 0 Å². The zero-order valence-corrected chi connectivity index (χ0v) is 5.13. The van der Waals surface area contributed by atoms with Crippen LogP contribution in [0.15, 0.2) is 0 Å². The summed E-state index contributed by atoms with van der Waals surface area (Å²) in [5, 5.41) is 9.06. The summed E-state index contributed by atoms with van der Waals surface area (Å²) in [4.78, 5) is 0. The molecule has 8 heavy (non-hydrogen) atoms. The highest BCUT2D eigenvalue weighted by Gasteiger charge is 2.23. The van der Waals surface area contributed by atoms with Crippen molar-refractivity contribution in [1.29, 1.82) is 0 Å². The van der Waals surface area contributed by atoms with E-state index in [-0.39, 0.29) is 12.2 Å². The van der Waals surface area contributed by atoms with Gasteiger partial charge < -0.3 is 9.84 Å². The predicted molar refractivity (Wildman–Crippen MR) is 30.7 cm³/mol. The van der Waals surface area contributed by atoms with Gasteiger partial charge in [-0.1, -0.05) is 6.92 Å². The monoisotopic (exact) mass is 116 g/mol. The highest BCUT2D eigenvalue weighted by molar-refractivity contribution is 4.72. The number of hydrogen-bond donors (Lipinski definition) is 1. The second kappa shape index (κ2) is 2.46. The fourth-order valence-corrected chi connectivity index (χ4v) is 1.03. The van der Waals surface area contributed by atoms with Crippen molar-refractivity contribution in [3.63, 3.8) is 0 Å². The van der Waals surface area contributed by atoms with Gasteiger partial charge in [-0.2, -0.15) is 0 Å². The molecule has 1 N–H and O–H groups in total. The van der Waals surface area contributed by atoms with E-state index in [2.05, 4.69) is 0 Å². The van der Waals surface area contributed by atoms with E-state index in [1.807, 2.05) is 6.92 Å². The topological polar surface area (TPSA) is 29.5 Å². The van der Waals surface area contributed by atoms with E-state index in [1.165, 1.54) is 0 Å². The number of ether oxygens (including phenoxy) is 1. The smallest absolute Gasteiger partial charge is 0.0832 e. The molecule has 0 aromatic carbocycles. The van der Waals surface area contributed by atoms with E-state index < -0.39 is 0 Å². The second-order valence-electron chi connectivity index (χ2n) is 2.17. The Bertz CT molecular complexity index is 72.9. The maximum Gasteiger partial charge on any atom is 0.0832 e. The first-order valence-electron chi connectivity index (χ1n) is 3.14. The van der Waals surface area contributed by atoms with Gasteiger partial charge in [-0.05, 0) is 12.8 Å². The molecule has 1 saturated heterocycles. The first-order valence-corrected chi connectivity index (χ1v) is 3.14. The molecule has 0 amide bonds. The molecule has 0 aromatic rings. The van der Waals surface area contributed by atoms with Crippen molar-refractivity contribution in [3.8, 4) is 0 Å². The summed E-state index contributed by atoms with van der Waals surface area (Å²) in [6, 6.07) is 0. The van der Waals surface area contributed by atoms with Crippen LogP contribution in [0.3, 0.4) is 0 Å². The molecule has 1 aliphatic rings. The van der Waals surface area contributed by atoms with Gasteiger partial charge in [-0.3, -0.25) is 0 Å². The average Bonchev–Trinajstić information content (AvgIpc) is 2.14. The van der Waals surface area contributed by atoms with Crippen LogP contribution >= 0.6 is 0 Å². The van der Waals surface area contributed by atoms with Crippen molar-refractivity contribution >= 4 is 0 Å². The maximum absolute atomic E-state index is 9.06. The third-order valence-corrected chi connectivity index (χ3v) is 1.58. The van der Waals surface area contributed by atoms with E-state index in [9.17, 15) is 0 Å². The summed E-state index contributed by atoms with van der Waals surface area (Å²) in [5.74, 6) is 0. The molecule has 0 aliphatic carbocycles. The Hall–Kier alpha value is -0.0800. The minimum absolute atomic E-state index is 0.120. The van der Waals surface area contributed by atoms with Crippen molar-refractivity contribution in [1.82, 2.24) is 0 Å². The van der Waals surface area contributed by atoms with E-state index in [1.54, 1.807) is 0 Å². The molecule has 48 valence electrons. The highest BCUT2D eigenvalue weighted by Crippen LogP contribution is 2.15. The molecule has 2 nitrogen and oxygen atoms in total. The van der Waals surface area contributed by atoms with Crippen LogP contribution in [0, 0.1) is 0 Å². The van der Waals surface area contributed by atoms with Crippen molar-refractivity contribution in [2.24, 2.45) is 0 Å². The SMILES string of the molecule is CC[C@@H]1OCC[C@H]1O. The summed E-state index contributed by atoms with van der Waals surface area (Å²) in [6.07, 6.45) is 1.68. The Morgan fingerprint density at radius 2 is 2.50 bits per heavy atom. The minimum atomic E-state index is -0.194. The van der Waals surface area contributed by atoms with Crippen LogP contribution in [0.1, 0.15) is 19.8 Å². The average molecular weight is 116 g/mol. The van der Waals surface area contributed by atoms with Gasteiger partial charge in [0.25, 0.3) is 0 Å². The zero-order chi connectivity index (χ0) is 5.98. The van der Waals surface area contributed by atoms with Gasteiger partial charge in [-0.15, -0.1) is 0 Å². The van der Waals surface area contributed by atoms with E-state index in [4.69, 9.17) is 9.84 Å². The molecule has 2 heteroatoms. The largest absolute Gasteiger partial charge is 0.390 e. The van der Waals surface area contributed by atoms with Gasteiger partial charge in [0.15, 0.2) is 0 Å². The van der Waals surface area contributed by atoms with Crippen molar-refractivity contribution in [2.75, 3.05) is 6.61 Å². The summed E-state index contributed by atoms with van der Waals surface area (Å²) >= 11 is 0. The van der Waals surface area contributed by atoms with Gasteiger partial charge >= 0.3 is 0 Å². The first kappa shape index (κ1) is 6.05. The Morgan fingerprint density at radius 1 is 1.75 bits per heavy atom. The van der Waals surface area contributed by atoms with Crippen LogP contribution in [-0.4, -0.2) is 23.9 Å². The van der Waals surface area contributed by atoms with Crippen LogP contribution in [-0.2, 0) is 4.74 Å². The van der Waals surface area contributed by atoms with Crippen LogP contribution in [0.25, 0.3) is 0 Å². The minimum Gasteiger partial charge on any atom is -0.390 e. The first-order chi connectivity index (χ1) is 3.84. The maximum atomic E-state index is 9.06. The highest BCUT2D eigenvalue weighted by atomic mass is 16.5. The molecular formula is C6H12O2. The molecular weight excluding hydrogens is 104 g/mol. The van der Waals surface area contributed by atoms with Gasteiger partial charge in [0.05, 0.1) is 12.2 Å². The summed E-state index contributed by atoms with van der Waals surface area (Å²) in [5.41, 5.74) is 0. The lowest BCUT2D eigenvalue weighted by atomic mass is 10.1. The van der Waals surface area contributed by atoms with Crippen LogP contribution in [0.4, 0.5) is 0 Å². The standard InChI is InChI=1S/C6H12O2/c1-2-6-5(7)3-4-8-6/h5-7H,2-4H2,1H3/t5-,6+/m1/s1. The van der Waals surface area contributed by atoms with Crippen LogP contribution in [0.2, 0.25) is 0 Å². The third-order valence-electron chi connectivity index (χ3n) is 1.58. The van der Waals surface area contributed by atoms with Gasteiger partial charge in [0, 0.05) is 6.61 Å². The van der Waals surface area contributed by atoms with Gasteiger partial charge in [-0.25, -0.2) is 0 Å². The Balaban J connectivity index is 2.30. The lowest BCUT2D eigenvalue weighted by Crippen LogP contribution is -2.18. The van der Waals surface area contributed by atoms with Crippen molar-refractivity contribution < 1.29 is 9.84 Å². The Morgan fingerprint density at radius 3 is 2.75 bits per heavy atom. The number of rotatable bonds is 1. The number of aliphatic hydroxyl groups is 1. The van der Waals surface area contributed by atoms with Crippen LogP contribution in [0.5, 0.6) is 0 Å². The molecule has 1 rings (SSSR count). The normalized spacial score (nSPS) is 38.2. The second-order valence-corrected chi connectivity index (χ2v) is 2.17. The van der Waals surface area contributed by atoms with Crippen molar-refractivity contribution in [2.45, 2.75) is 32.0 Å². The van der Waals surface area contributed by atoms with E-state index in [0.717, 1.165) is 19.4 Å². The summed E-state index contributed by atoms with van der Waals surface area (Å²) < 4.78 is 5.16. The molecule has 2 atom stereocenters. The molecule has 1 fully saturated rings. The molecule has 0 radical (unpaired) electrons. The molecule has 1 aliphatic heterocycles. The molecule has 0 bridgehead atoms. The van der Waals surface area contributed by atoms with E-state index >= 15 is 0 Å². The number of hydrogen-bond acceptors (Lipinski definition) is 2. The van der Waals surface area contributed by atoms with Gasteiger partial charge in [0.1, 0.15) is 0 Å². The zero-order valence-electron chi connectivity index (χ0n) is 5.13. The lowest BCUT2D eigenvalue weighted by molar-refractivity contribution is 0.0402. The molecule has 0 aromatic heterocycles. The lowest BCUT2D eigenvalue weighted by Gasteiger charge is -2.08. The summed E-state index contributed by atoms with van der Waals surface area (Å²) in [7, 11) is 0. The third kappa shape index (κ3) is 1.01. The molecule has 0 saturated carbocycles. The Labute approximate surface area is 49.5 Å². The van der Waals surface area contributed by atoms with E-state index in [0.29, 0.717) is 0 Å². The molecule has 0 spiro atoms. The fourth-order valence-electron chi connectivity index (χ4n) is 1.03. The predicted octanol–water partition coefficient (Wildman–Crippen LogP) is 0.546. The quantitative estimate of drug-likeness (QED) is 0.542. The van der Waals surface area contributed by atoms with Gasteiger partial charge in [0.2, 0.25) is 0 Å². The fraction of sp³-hybridized carbons (Fsp3) is 1.00. The summed E-state index contributed by atoms with van der Waals surface area (Å²) in [6.45, 7) is 2.76. The Kier molecular flexibility index (Phi) is 1.86.